The van der Waals surface area contributed by atoms with Gasteiger partial charge < -0.3 is 28.8 Å². The fourth-order valence-electron chi connectivity index (χ4n) is 7.67. The van der Waals surface area contributed by atoms with Gasteiger partial charge in [-0.05, 0) is 89.9 Å². The highest BCUT2D eigenvalue weighted by Gasteiger charge is 2.23. The van der Waals surface area contributed by atoms with Crippen LogP contribution in [0, 0.1) is 0 Å². The summed E-state index contributed by atoms with van der Waals surface area (Å²) >= 11 is 0. The number of likely N-dealkylation sites (N-methyl/N-ethyl adjacent to an activating group) is 1. The van der Waals surface area contributed by atoms with Crippen LogP contribution in [0.5, 0.6) is 0 Å². The van der Waals surface area contributed by atoms with Crippen molar-refractivity contribution in [3.63, 3.8) is 0 Å². The van der Waals surface area contributed by atoms with Crippen molar-refractivity contribution in [2.24, 2.45) is 0 Å². The summed E-state index contributed by atoms with van der Waals surface area (Å²) in [5, 5.41) is 13.8. The lowest BCUT2D eigenvalue weighted by molar-refractivity contribution is -0.870. The summed E-state index contributed by atoms with van der Waals surface area (Å²) in [5.74, 6) is -0.210. The van der Waals surface area contributed by atoms with Crippen LogP contribution in [0.15, 0.2) is 122 Å². The van der Waals surface area contributed by atoms with E-state index in [0.717, 1.165) is 109 Å². The molecule has 0 aliphatic rings. The summed E-state index contributed by atoms with van der Waals surface area (Å²) in [5.41, 5.74) is 0. The summed E-state index contributed by atoms with van der Waals surface area (Å²) in [6.45, 7) is 4.51. The van der Waals surface area contributed by atoms with E-state index in [2.05, 4.69) is 129 Å². The van der Waals surface area contributed by atoms with E-state index in [0.29, 0.717) is 17.4 Å². The van der Waals surface area contributed by atoms with Crippen molar-refractivity contribution in [3.8, 4) is 0 Å². The first-order chi connectivity index (χ1) is 35.0. The summed E-state index contributed by atoms with van der Waals surface area (Å²) in [4.78, 5) is 25.4. The Morgan fingerprint density at radius 1 is 0.500 bits per heavy atom. The van der Waals surface area contributed by atoms with Crippen LogP contribution < -0.4 is 10.2 Å². The van der Waals surface area contributed by atoms with E-state index in [-0.39, 0.29) is 19.1 Å². The average molecular weight is 1020 g/mol. The molecular weight excluding hydrogens is 912 g/mol. The Hall–Kier alpha value is -3.10. The Kier molecular flexibility index (Phi) is 50.5. The molecule has 2 N–H and O–H groups in total. The molecule has 0 aliphatic carbocycles. The van der Waals surface area contributed by atoms with E-state index in [4.69, 9.17) is 9.05 Å². The number of phosphoric ester groups is 1. The van der Waals surface area contributed by atoms with Crippen LogP contribution in [0.3, 0.4) is 0 Å². The number of allylic oxidation sites excluding steroid dienone is 19. The predicted octanol–water partition coefficient (Wildman–Crippen LogP) is 17.1. The number of nitrogens with one attached hydrogen (secondary N) is 1. The van der Waals surface area contributed by atoms with Crippen LogP contribution in [-0.2, 0) is 18.4 Å². The fraction of sp³-hybridized carbons (Fsp3) is 0.667. The number of rotatable bonds is 51. The number of carbonyl (C=O) groups excluding carboxylic acids is 1. The molecule has 0 saturated heterocycles. The van der Waals surface area contributed by atoms with Gasteiger partial charge in [-0.2, -0.15) is 0 Å². The molecule has 0 heterocycles. The quantitative estimate of drug-likeness (QED) is 0.0272. The molecule has 0 aromatic rings. The second-order valence-corrected chi connectivity index (χ2v) is 21.7. The van der Waals surface area contributed by atoms with Crippen molar-refractivity contribution in [3.05, 3.63) is 122 Å². The summed E-state index contributed by atoms with van der Waals surface area (Å²) in [6.07, 6.45) is 78.4. The second-order valence-electron chi connectivity index (χ2n) is 20.3. The molecule has 0 radical (unpaired) electrons. The molecule has 0 fully saturated rings. The molecule has 1 amide bonds. The maximum atomic E-state index is 12.9. The predicted molar refractivity (Wildman–Crippen MR) is 311 cm³/mol. The van der Waals surface area contributed by atoms with Crippen molar-refractivity contribution in [1.29, 1.82) is 0 Å². The largest absolute Gasteiger partial charge is 0.756 e. The molecule has 0 saturated carbocycles. The Labute approximate surface area is 444 Å². The number of unbranched alkanes of at least 4 members (excludes halogenated alkanes) is 20. The first-order valence-electron chi connectivity index (χ1n) is 28.9. The number of nitrogens with zero attached hydrogens (tertiary/aromatic N) is 1. The van der Waals surface area contributed by atoms with Crippen LogP contribution in [0.2, 0.25) is 0 Å². The van der Waals surface area contributed by atoms with E-state index in [1.165, 1.54) is 89.9 Å². The van der Waals surface area contributed by atoms with Crippen LogP contribution in [0.25, 0.3) is 0 Å². The molecule has 72 heavy (non-hydrogen) atoms. The van der Waals surface area contributed by atoms with Gasteiger partial charge in [0.15, 0.2) is 0 Å². The van der Waals surface area contributed by atoms with E-state index < -0.39 is 20.0 Å². The van der Waals surface area contributed by atoms with Gasteiger partial charge in [-0.1, -0.05) is 245 Å². The molecule has 0 aromatic carbocycles. The fourth-order valence-corrected chi connectivity index (χ4v) is 8.40. The molecule has 9 heteroatoms. The number of amides is 1. The highest BCUT2D eigenvalue weighted by molar-refractivity contribution is 7.45. The van der Waals surface area contributed by atoms with Gasteiger partial charge in [0.05, 0.1) is 39.9 Å². The topological polar surface area (TPSA) is 108 Å². The van der Waals surface area contributed by atoms with Crippen LogP contribution in [-0.4, -0.2) is 68.5 Å². The minimum atomic E-state index is -4.60. The maximum Gasteiger partial charge on any atom is 0.268 e. The highest BCUT2D eigenvalue weighted by atomic mass is 31.2. The number of quaternary nitrogens is 1. The third-order valence-electron chi connectivity index (χ3n) is 12.2. The molecule has 3 atom stereocenters. The number of phosphoric acid groups is 1. The SMILES string of the molecule is CC/C=C\C/C=C\C/C=C\C/C=C\C/C=C\C/C=C\C/C=C\C/C=C\C/C=C\CCCCCCCCCCCC(=O)NC(COP(=O)([O-])OCC[N+](C)(C)C)C(O)/C=C/CCCCCCCCCCCCC. The van der Waals surface area contributed by atoms with Gasteiger partial charge in [0.1, 0.15) is 13.2 Å². The molecule has 3 unspecified atom stereocenters. The van der Waals surface area contributed by atoms with Gasteiger partial charge in [0.25, 0.3) is 7.82 Å². The van der Waals surface area contributed by atoms with Gasteiger partial charge in [-0.15, -0.1) is 0 Å². The van der Waals surface area contributed by atoms with Gasteiger partial charge >= 0.3 is 0 Å². The van der Waals surface area contributed by atoms with Gasteiger partial charge in [0.2, 0.25) is 5.91 Å². The lowest BCUT2D eigenvalue weighted by Gasteiger charge is -2.29. The Morgan fingerprint density at radius 2 is 0.847 bits per heavy atom. The Balaban J connectivity index is 4.14. The van der Waals surface area contributed by atoms with E-state index >= 15 is 0 Å². The number of hydrogen-bond acceptors (Lipinski definition) is 6. The summed E-state index contributed by atoms with van der Waals surface area (Å²) in [6, 6.07) is -0.897. The highest BCUT2D eigenvalue weighted by Crippen LogP contribution is 2.38. The zero-order valence-corrected chi connectivity index (χ0v) is 47.7. The number of hydrogen-bond donors (Lipinski definition) is 2. The lowest BCUT2D eigenvalue weighted by Crippen LogP contribution is -2.45. The molecule has 0 rings (SSSR count). The minimum Gasteiger partial charge on any atom is -0.756 e. The Bertz CT molecular complexity index is 1580. The molecule has 0 spiro atoms. The maximum absolute atomic E-state index is 12.9. The van der Waals surface area contributed by atoms with E-state index in [1.807, 2.05) is 27.2 Å². The van der Waals surface area contributed by atoms with Gasteiger partial charge in [-0.25, -0.2) is 0 Å². The summed E-state index contributed by atoms with van der Waals surface area (Å²) < 4.78 is 23.3. The van der Waals surface area contributed by atoms with Gasteiger partial charge in [0, 0.05) is 6.42 Å². The molecule has 0 aliphatic heterocycles. The normalized spacial score (nSPS) is 14.8. The van der Waals surface area contributed by atoms with Crippen molar-refractivity contribution in [1.82, 2.24) is 5.32 Å². The number of carbonyl (C=O) groups is 1. The molecular formula is C63H109N2O6P. The monoisotopic (exact) mass is 1020 g/mol. The van der Waals surface area contributed by atoms with Crippen LogP contribution in [0.1, 0.15) is 219 Å². The van der Waals surface area contributed by atoms with Crippen molar-refractivity contribution >= 4 is 13.7 Å². The number of aliphatic hydroxyl groups excluding tert-OH is 1. The molecule has 412 valence electrons. The van der Waals surface area contributed by atoms with Crippen molar-refractivity contribution in [2.45, 2.75) is 231 Å². The standard InChI is InChI=1S/C63H109N2O6P/c1-6-8-10-12-14-16-18-20-21-22-23-24-25-26-27-28-29-30-31-32-33-34-35-36-37-38-39-40-41-42-43-45-47-49-51-53-55-57-63(67)64-61(60-71-72(68,69)70-59-58-65(3,4)5)62(66)56-54-52-50-48-46-44-19-17-15-13-11-9-7-2/h8,10,14,16,20-21,23-24,26-27,29-30,32-33,35-36,38-39,54,56,61-62,66H,6-7,9,11-13,15,17-19,22,25,28,31,34,37,40-53,55,57-60H2,1-5H3,(H-,64,67,68,69)/b10-8-,16-14-,21-20-,24-23-,27-26-,30-29-,33-32-,36-35-,39-38-,56-54+. The van der Waals surface area contributed by atoms with Crippen LogP contribution >= 0.6 is 7.82 Å². The van der Waals surface area contributed by atoms with Crippen molar-refractivity contribution in [2.75, 3.05) is 40.9 Å². The van der Waals surface area contributed by atoms with Gasteiger partial charge in [-0.3, -0.25) is 9.36 Å². The van der Waals surface area contributed by atoms with Crippen LogP contribution in [0.4, 0.5) is 0 Å². The van der Waals surface area contributed by atoms with Crippen molar-refractivity contribution < 1.29 is 32.9 Å². The third-order valence-corrected chi connectivity index (χ3v) is 13.1. The Morgan fingerprint density at radius 3 is 1.24 bits per heavy atom. The minimum absolute atomic E-state index is 0.00780. The smallest absolute Gasteiger partial charge is 0.268 e. The second kappa shape index (κ2) is 52.8. The third kappa shape index (κ3) is 54.7. The molecule has 8 nitrogen and oxygen atoms in total. The van der Waals surface area contributed by atoms with E-state index in [1.54, 1.807) is 6.08 Å². The summed E-state index contributed by atoms with van der Waals surface area (Å²) in [7, 11) is 1.24. The molecule has 0 aromatic heterocycles. The first kappa shape index (κ1) is 68.9. The first-order valence-corrected chi connectivity index (χ1v) is 30.4. The number of aliphatic hydroxyl groups is 1. The van der Waals surface area contributed by atoms with E-state index in [9.17, 15) is 19.4 Å². The molecule has 0 bridgehead atoms. The zero-order valence-electron chi connectivity index (χ0n) is 46.8. The average Bonchev–Trinajstić information content (AvgIpc) is 3.34. The lowest BCUT2D eigenvalue weighted by atomic mass is 10.0. The zero-order chi connectivity index (χ0) is 52.7.